The van der Waals surface area contributed by atoms with E-state index < -0.39 is 6.10 Å². The predicted octanol–water partition coefficient (Wildman–Crippen LogP) is 23.8. The van der Waals surface area contributed by atoms with Gasteiger partial charge in [0.25, 0.3) is 0 Å². The van der Waals surface area contributed by atoms with Crippen molar-refractivity contribution in [2.75, 3.05) is 13.2 Å². The number of unbranched alkanes of at least 4 members (excludes halogenated alkanes) is 50. The van der Waals surface area contributed by atoms with Crippen LogP contribution in [-0.2, 0) is 28.6 Å². The maximum Gasteiger partial charge on any atom is 0.306 e. The average Bonchev–Trinajstić information content (AvgIpc) is 3.43. The van der Waals surface area contributed by atoms with Crippen LogP contribution in [0, 0.1) is 0 Å². The maximum absolute atomic E-state index is 12.9. The van der Waals surface area contributed by atoms with Gasteiger partial charge >= 0.3 is 17.9 Å². The summed E-state index contributed by atoms with van der Waals surface area (Å²) < 4.78 is 16.9. The summed E-state index contributed by atoms with van der Waals surface area (Å²) in [5.74, 6) is -0.856. The molecule has 6 nitrogen and oxygen atoms in total. The highest BCUT2D eigenvalue weighted by atomic mass is 16.6. The molecule has 0 bridgehead atoms. The van der Waals surface area contributed by atoms with Gasteiger partial charge in [0.05, 0.1) is 0 Å². The second-order valence-corrected chi connectivity index (χ2v) is 23.8. The number of hydrogen-bond acceptors (Lipinski definition) is 6. The van der Waals surface area contributed by atoms with Crippen molar-refractivity contribution in [1.82, 2.24) is 0 Å². The molecular formula is C71H134O6. The lowest BCUT2D eigenvalue weighted by atomic mass is 10.0. The van der Waals surface area contributed by atoms with Gasteiger partial charge in [0.2, 0.25) is 0 Å². The molecule has 6 heteroatoms. The van der Waals surface area contributed by atoms with E-state index in [-0.39, 0.29) is 31.1 Å². The fourth-order valence-electron chi connectivity index (χ4n) is 10.7. The fraction of sp³-hybridized carbons (Fsp3) is 0.901. The molecule has 0 saturated carbocycles. The second-order valence-electron chi connectivity index (χ2n) is 23.8. The molecule has 1 unspecified atom stereocenters. The van der Waals surface area contributed by atoms with Gasteiger partial charge in [-0.2, -0.15) is 0 Å². The van der Waals surface area contributed by atoms with Crippen LogP contribution < -0.4 is 0 Å². The minimum absolute atomic E-state index is 0.0692. The molecule has 0 rings (SSSR count). The smallest absolute Gasteiger partial charge is 0.306 e. The van der Waals surface area contributed by atoms with Gasteiger partial charge in [-0.05, 0) is 51.4 Å². The van der Waals surface area contributed by atoms with Crippen molar-refractivity contribution in [2.45, 2.75) is 399 Å². The average molecular weight is 1080 g/mol. The van der Waals surface area contributed by atoms with Crippen LogP contribution in [0.5, 0.6) is 0 Å². The topological polar surface area (TPSA) is 78.9 Å². The molecule has 0 aliphatic carbocycles. The van der Waals surface area contributed by atoms with Crippen LogP contribution in [-0.4, -0.2) is 37.2 Å². The monoisotopic (exact) mass is 1080 g/mol. The zero-order chi connectivity index (χ0) is 55.7. The number of esters is 3. The molecule has 0 aromatic heterocycles. The van der Waals surface area contributed by atoms with Crippen LogP contribution in [0.25, 0.3) is 0 Å². The normalized spacial score (nSPS) is 12.1. The van der Waals surface area contributed by atoms with E-state index in [1.165, 1.54) is 283 Å². The van der Waals surface area contributed by atoms with E-state index in [0.717, 1.165) is 70.6 Å². The van der Waals surface area contributed by atoms with Gasteiger partial charge in [-0.15, -0.1) is 0 Å². The third kappa shape index (κ3) is 64.6. The number of carbonyl (C=O) groups is 3. The van der Waals surface area contributed by atoms with E-state index in [9.17, 15) is 14.4 Å². The first-order valence-electron chi connectivity index (χ1n) is 34.8. The lowest BCUT2D eigenvalue weighted by Crippen LogP contribution is -2.30. The first kappa shape index (κ1) is 74.9. The lowest BCUT2D eigenvalue weighted by molar-refractivity contribution is -0.167. The van der Waals surface area contributed by atoms with E-state index in [4.69, 9.17) is 14.2 Å². The van der Waals surface area contributed by atoms with Gasteiger partial charge in [-0.3, -0.25) is 14.4 Å². The summed E-state index contributed by atoms with van der Waals surface area (Å²) in [6.45, 7) is 6.65. The Morgan fingerprint density at radius 3 is 0.727 bits per heavy atom. The number of hydrogen-bond donors (Lipinski definition) is 0. The molecule has 0 spiro atoms. The zero-order valence-electron chi connectivity index (χ0n) is 52.3. The number of carbonyl (C=O) groups excluding carboxylic acids is 3. The van der Waals surface area contributed by atoms with Crippen molar-refractivity contribution in [2.24, 2.45) is 0 Å². The highest BCUT2D eigenvalue weighted by Crippen LogP contribution is 2.19. The van der Waals surface area contributed by atoms with Crippen LogP contribution in [0.4, 0.5) is 0 Å². The highest BCUT2D eigenvalue weighted by molar-refractivity contribution is 5.71. The van der Waals surface area contributed by atoms with Crippen molar-refractivity contribution < 1.29 is 28.6 Å². The first-order valence-corrected chi connectivity index (χ1v) is 34.8. The van der Waals surface area contributed by atoms with E-state index in [0.29, 0.717) is 19.3 Å². The van der Waals surface area contributed by atoms with E-state index in [1.54, 1.807) is 0 Å². The molecule has 0 amide bonds. The van der Waals surface area contributed by atoms with Crippen LogP contribution in [0.1, 0.15) is 393 Å². The van der Waals surface area contributed by atoms with Crippen LogP contribution in [0.3, 0.4) is 0 Å². The SMILES string of the molecule is CCCCCC/C=C\C/C=C\CCCCCCCCCC(=O)OC(COC(=O)CCCCCCCCCC)COC(=O)CCCCCCCCCCCCCCCCCCCCCCCCCCCCCCCCCCC. The Morgan fingerprint density at radius 2 is 0.468 bits per heavy atom. The molecule has 0 radical (unpaired) electrons. The summed E-state index contributed by atoms with van der Waals surface area (Å²) in [4.78, 5) is 38.1. The number of allylic oxidation sites excluding steroid dienone is 4. The van der Waals surface area contributed by atoms with Crippen LogP contribution in [0.2, 0.25) is 0 Å². The van der Waals surface area contributed by atoms with Crippen molar-refractivity contribution >= 4 is 17.9 Å². The molecule has 454 valence electrons. The molecule has 0 heterocycles. The molecule has 0 aromatic carbocycles. The first-order chi connectivity index (χ1) is 38.0. The second kappa shape index (κ2) is 66.4. The minimum atomic E-state index is -0.771. The van der Waals surface area contributed by atoms with Gasteiger partial charge < -0.3 is 14.2 Å². The highest BCUT2D eigenvalue weighted by Gasteiger charge is 2.19. The third-order valence-electron chi connectivity index (χ3n) is 16.0. The third-order valence-corrected chi connectivity index (χ3v) is 16.0. The van der Waals surface area contributed by atoms with Crippen molar-refractivity contribution in [3.63, 3.8) is 0 Å². The summed E-state index contributed by atoms with van der Waals surface area (Å²) >= 11 is 0. The Kier molecular flexibility index (Phi) is 64.6. The van der Waals surface area contributed by atoms with Gasteiger partial charge in [0.1, 0.15) is 13.2 Å². The van der Waals surface area contributed by atoms with Gasteiger partial charge in [0.15, 0.2) is 6.10 Å². The van der Waals surface area contributed by atoms with Gasteiger partial charge in [-0.1, -0.05) is 347 Å². The van der Waals surface area contributed by atoms with Crippen LogP contribution >= 0.6 is 0 Å². The van der Waals surface area contributed by atoms with Crippen LogP contribution in [0.15, 0.2) is 24.3 Å². The van der Waals surface area contributed by atoms with Gasteiger partial charge in [-0.25, -0.2) is 0 Å². The maximum atomic E-state index is 12.9. The number of ether oxygens (including phenoxy) is 3. The molecule has 0 saturated heterocycles. The Morgan fingerprint density at radius 1 is 0.260 bits per heavy atom. The summed E-state index contributed by atoms with van der Waals surface area (Å²) in [5, 5.41) is 0. The Bertz CT molecular complexity index is 1240. The Balaban J connectivity index is 3.98. The van der Waals surface area contributed by atoms with Gasteiger partial charge in [0, 0.05) is 19.3 Å². The quantitative estimate of drug-likeness (QED) is 0.0261. The molecule has 77 heavy (non-hydrogen) atoms. The molecule has 0 aliphatic heterocycles. The molecule has 0 N–H and O–H groups in total. The van der Waals surface area contributed by atoms with Crippen molar-refractivity contribution in [3.8, 4) is 0 Å². The minimum Gasteiger partial charge on any atom is -0.462 e. The van der Waals surface area contributed by atoms with E-state index >= 15 is 0 Å². The Hall–Kier alpha value is -2.11. The lowest BCUT2D eigenvalue weighted by Gasteiger charge is -2.18. The predicted molar refractivity (Wildman–Crippen MR) is 335 cm³/mol. The Labute approximate surface area is 481 Å². The van der Waals surface area contributed by atoms with Crippen molar-refractivity contribution in [3.05, 3.63) is 24.3 Å². The molecule has 0 fully saturated rings. The van der Waals surface area contributed by atoms with Crippen molar-refractivity contribution in [1.29, 1.82) is 0 Å². The molecular weight excluding hydrogens is 949 g/mol. The largest absolute Gasteiger partial charge is 0.462 e. The zero-order valence-corrected chi connectivity index (χ0v) is 52.3. The fourth-order valence-corrected chi connectivity index (χ4v) is 10.7. The molecule has 1 atom stereocenters. The molecule has 0 aliphatic rings. The van der Waals surface area contributed by atoms with E-state index in [1.807, 2.05) is 0 Å². The summed E-state index contributed by atoms with van der Waals surface area (Å²) in [6, 6.07) is 0. The summed E-state index contributed by atoms with van der Waals surface area (Å²) in [5.41, 5.74) is 0. The standard InChI is InChI=1S/C71H134O6/c1-4-7-10-13-16-19-21-23-25-27-29-30-31-32-33-34-35-36-37-38-39-40-41-42-43-45-46-48-50-52-55-58-61-64-70(73)76-67-68(66-75-69(72)63-60-57-54-18-15-12-9-6-3)77-71(74)65-62-59-56-53-51-49-47-44-28-26-24-22-20-17-14-11-8-5-2/h20,22,26,28,68H,4-19,21,23-25,27,29-67H2,1-3H3/b22-20-,28-26-. The summed E-state index contributed by atoms with van der Waals surface area (Å²) in [6.07, 6.45) is 81.0. The summed E-state index contributed by atoms with van der Waals surface area (Å²) in [7, 11) is 0. The number of rotatable bonds is 65. The van der Waals surface area contributed by atoms with E-state index in [2.05, 4.69) is 45.1 Å². The molecule has 0 aromatic rings.